The smallest absolute Gasteiger partial charge is 0.191 e. The van der Waals surface area contributed by atoms with E-state index in [0.29, 0.717) is 5.92 Å². The predicted octanol–water partition coefficient (Wildman–Crippen LogP) is 4.15. The van der Waals surface area contributed by atoms with Crippen molar-refractivity contribution in [2.45, 2.75) is 63.7 Å². The molecule has 2 heterocycles. The Labute approximate surface area is 167 Å². The van der Waals surface area contributed by atoms with Gasteiger partial charge in [-0.05, 0) is 43.9 Å². The van der Waals surface area contributed by atoms with Crippen LogP contribution in [0.3, 0.4) is 0 Å². The fraction of sp³-hybridized carbons (Fsp3) is 0.619. The number of aryl methyl sites for hydroxylation is 1. The van der Waals surface area contributed by atoms with E-state index in [2.05, 4.69) is 71.7 Å². The SMILES string of the molecule is Cc1ccccc1CSc1nnc(CN(C)CC(C)C)n1CC1CCCO1. The maximum atomic E-state index is 5.89. The molecule has 1 atom stereocenters. The number of rotatable bonds is 9. The van der Waals surface area contributed by atoms with Crippen LogP contribution in [0.15, 0.2) is 29.4 Å². The lowest BCUT2D eigenvalue weighted by Gasteiger charge is -2.20. The molecule has 0 bridgehead atoms. The summed E-state index contributed by atoms with van der Waals surface area (Å²) in [5.74, 6) is 2.60. The van der Waals surface area contributed by atoms with Crippen molar-refractivity contribution < 1.29 is 4.74 Å². The third-order valence-electron chi connectivity index (χ3n) is 4.91. The molecule has 27 heavy (non-hydrogen) atoms. The van der Waals surface area contributed by atoms with Crippen LogP contribution >= 0.6 is 11.8 Å². The summed E-state index contributed by atoms with van der Waals surface area (Å²) in [6.07, 6.45) is 2.57. The molecule has 5 nitrogen and oxygen atoms in total. The van der Waals surface area contributed by atoms with Crippen LogP contribution in [-0.4, -0.2) is 46.0 Å². The number of hydrogen-bond donors (Lipinski definition) is 0. The predicted molar refractivity (Wildman–Crippen MR) is 111 cm³/mol. The van der Waals surface area contributed by atoms with Gasteiger partial charge in [-0.2, -0.15) is 0 Å². The Bertz CT molecular complexity index is 725. The van der Waals surface area contributed by atoms with Gasteiger partial charge in [-0.3, -0.25) is 4.90 Å². The second kappa shape index (κ2) is 9.71. The lowest BCUT2D eigenvalue weighted by Crippen LogP contribution is -2.26. The van der Waals surface area contributed by atoms with Gasteiger partial charge in [0.1, 0.15) is 5.82 Å². The minimum absolute atomic E-state index is 0.285. The van der Waals surface area contributed by atoms with E-state index in [0.717, 1.165) is 55.8 Å². The number of nitrogens with zero attached hydrogens (tertiary/aromatic N) is 4. The van der Waals surface area contributed by atoms with Gasteiger partial charge in [-0.1, -0.05) is 49.9 Å². The zero-order valence-electron chi connectivity index (χ0n) is 17.0. The fourth-order valence-corrected chi connectivity index (χ4v) is 4.60. The number of hydrogen-bond acceptors (Lipinski definition) is 5. The summed E-state index contributed by atoms with van der Waals surface area (Å²) >= 11 is 1.77. The van der Waals surface area contributed by atoms with E-state index in [1.165, 1.54) is 11.1 Å². The molecule has 1 aliphatic heterocycles. The summed E-state index contributed by atoms with van der Waals surface area (Å²) in [6, 6.07) is 8.55. The Morgan fingerprint density at radius 3 is 2.81 bits per heavy atom. The van der Waals surface area contributed by atoms with Crippen LogP contribution in [0.25, 0.3) is 0 Å². The lowest BCUT2D eigenvalue weighted by atomic mass is 10.1. The van der Waals surface area contributed by atoms with Crippen LogP contribution in [0, 0.1) is 12.8 Å². The topological polar surface area (TPSA) is 43.2 Å². The highest BCUT2D eigenvalue weighted by molar-refractivity contribution is 7.98. The van der Waals surface area contributed by atoms with E-state index in [4.69, 9.17) is 4.74 Å². The van der Waals surface area contributed by atoms with Crippen molar-refractivity contribution in [3.8, 4) is 0 Å². The van der Waals surface area contributed by atoms with E-state index in [9.17, 15) is 0 Å². The molecule has 0 spiro atoms. The average Bonchev–Trinajstić information content (AvgIpc) is 3.25. The normalized spacial score (nSPS) is 17.3. The summed E-state index contributed by atoms with van der Waals surface area (Å²) in [4.78, 5) is 2.33. The molecule has 1 aromatic heterocycles. The standard InChI is InChI=1S/C21H32N4OS/c1-16(2)12-24(4)14-20-22-23-21(25(20)13-19-10-7-11-26-19)27-15-18-9-6-5-8-17(18)3/h5-6,8-9,16,19H,7,10-15H2,1-4H3. The summed E-state index contributed by atoms with van der Waals surface area (Å²) < 4.78 is 8.18. The van der Waals surface area contributed by atoms with Crippen molar-refractivity contribution >= 4 is 11.8 Å². The quantitative estimate of drug-likeness (QED) is 0.604. The zero-order valence-corrected chi connectivity index (χ0v) is 17.8. The molecule has 0 amide bonds. The summed E-state index contributed by atoms with van der Waals surface area (Å²) in [7, 11) is 2.16. The van der Waals surface area contributed by atoms with Crippen LogP contribution in [-0.2, 0) is 23.6 Å². The van der Waals surface area contributed by atoms with E-state index < -0.39 is 0 Å². The average molecular weight is 389 g/mol. The van der Waals surface area contributed by atoms with Crippen molar-refractivity contribution in [1.82, 2.24) is 19.7 Å². The van der Waals surface area contributed by atoms with Gasteiger partial charge in [0.15, 0.2) is 5.16 Å². The molecule has 1 aliphatic rings. The minimum Gasteiger partial charge on any atom is -0.376 e. The number of ether oxygens (including phenoxy) is 1. The molecular weight excluding hydrogens is 356 g/mol. The molecular formula is C21H32N4OS. The van der Waals surface area contributed by atoms with Crippen LogP contribution in [0.5, 0.6) is 0 Å². The lowest BCUT2D eigenvalue weighted by molar-refractivity contribution is 0.0934. The van der Waals surface area contributed by atoms with Crippen LogP contribution in [0.4, 0.5) is 0 Å². The molecule has 1 saturated heterocycles. The fourth-order valence-electron chi connectivity index (χ4n) is 3.56. The summed E-state index contributed by atoms with van der Waals surface area (Å²) in [5.41, 5.74) is 2.68. The maximum Gasteiger partial charge on any atom is 0.191 e. The Hall–Kier alpha value is -1.37. The zero-order chi connectivity index (χ0) is 19.2. The maximum absolute atomic E-state index is 5.89. The van der Waals surface area contributed by atoms with Crippen molar-refractivity contribution in [3.63, 3.8) is 0 Å². The highest BCUT2D eigenvalue weighted by atomic mass is 32.2. The largest absolute Gasteiger partial charge is 0.376 e. The molecule has 0 radical (unpaired) electrons. The van der Waals surface area contributed by atoms with Gasteiger partial charge in [0.05, 0.1) is 19.2 Å². The van der Waals surface area contributed by atoms with Gasteiger partial charge in [0, 0.05) is 18.9 Å². The monoisotopic (exact) mass is 388 g/mol. The molecule has 0 aliphatic carbocycles. The molecule has 1 fully saturated rings. The van der Waals surface area contributed by atoms with Crippen LogP contribution < -0.4 is 0 Å². The summed E-state index contributed by atoms with van der Waals surface area (Å²) in [5, 5.41) is 10.1. The minimum atomic E-state index is 0.285. The first-order chi connectivity index (χ1) is 13.0. The molecule has 6 heteroatoms. The highest BCUT2D eigenvalue weighted by Gasteiger charge is 2.22. The van der Waals surface area contributed by atoms with E-state index >= 15 is 0 Å². The molecule has 0 N–H and O–H groups in total. The number of benzene rings is 1. The molecule has 0 saturated carbocycles. The molecule has 148 valence electrons. The van der Waals surface area contributed by atoms with Crippen molar-refractivity contribution in [2.24, 2.45) is 5.92 Å². The third-order valence-corrected chi connectivity index (χ3v) is 5.93. The molecule has 2 aromatic rings. The molecule has 1 unspecified atom stereocenters. The van der Waals surface area contributed by atoms with Crippen LogP contribution in [0.2, 0.25) is 0 Å². The number of aromatic nitrogens is 3. The molecule has 1 aromatic carbocycles. The van der Waals surface area contributed by atoms with Gasteiger partial charge >= 0.3 is 0 Å². The second-order valence-corrected chi connectivity index (χ2v) is 8.89. The van der Waals surface area contributed by atoms with Gasteiger partial charge in [0.2, 0.25) is 0 Å². The first-order valence-corrected chi connectivity index (χ1v) is 10.9. The van der Waals surface area contributed by atoms with Crippen molar-refractivity contribution in [1.29, 1.82) is 0 Å². The Balaban J connectivity index is 1.74. The second-order valence-electron chi connectivity index (χ2n) is 7.95. The van der Waals surface area contributed by atoms with Gasteiger partial charge in [0.25, 0.3) is 0 Å². The van der Waals surface area contributed by atoms with E-state index in [1.807, 2.05) is 0 Å². The Kier molecular flexibility index (Phi) is 7.33. The van der Waals surface area contributed by atoms with E-state index in [-0.39, 0.29) is 6.10 Å². The highest BCUT2D eigenvalue weighted by Crippen LogP contribution is 2.26. The van der Waals surface area contributed by atoms with Crippen molar-refractivity contribution in [3.05, 3.63) is 41.2 Å². The van der Waals surface area contributed by atoms with Gasteiger partial charge in [-0.25, -0.2) is 0 Å². The third kappa shape index (κ3) is 5.80. The Morgan fingerprint density at radius 1 is 1.30 bits per heavy atom. The van der Waals surface area contributed by atoms with E-state index in [1.54, 1.807) is 11.8 Å². The van der Waals surface area contributed by atoms with Gasteiger partial charge in [-0.15, -0.1) is 10.2 Å². The molecule has 3 rings (SSSR count). The summed E-state index contributed by atoms with van der Waals surface area (Å²) in [6.45, 7) is 10.3. The first kappa shape index (κ1) is 20.4. The number of thioether (sulfide) groups is 1. The van der Waals surface area contributed by atoms with Gasteiger partial charge < -0.3 is 9.30 Å². The Morgan fingerprint density at radius 2 is 2.11 bits per heavy atom. The van der Waals surface area contributed by atoms with Crippen molar-refractivity contribution in [2.75, 3.05) is 20.2 Å². The first-order valence-electron chi connectivity index (χ1n) is 9.92. The van der Waals surface area contributed by atoms with Crippen LogP contribution in [0.1, 0.15) is 43.6 Å².